The average Bonchev–Trinajstić information content (AvgIpc) is 2.94. The van der Waals surface area contributed by atoms with E-state index in [9.17, 15) is 4.79 Å². The standard InChI is InChI=1S/C15H25N3OS/c1-3-11-4-6-13(7-5-11)18(2)10-12-8-9-20-14(12)15(19)17-16/h8-9,11,13H,3-7,10,16H2,1-2H3,(H,17,19). The van der Waals surface area contributed by atoms with Crippen LogP contribution in [0.1, 0.15) is 54.3 Å². The highest BCUT2D eigenvalue weighted by atomic mass is 32.1. The molecule has 4 nitrogen and oxygen atoms in total. The van der Waals surface area contributed by atoms with E-state index >= 15 is 0 Å². The van der Waals surface area contributed by atoms with E-state index < -0.39 is 0 Å². The van der Waals surface area contributed by atoms with E-state index in [2.05, 4.69) is 24.3 Å². The number of hydrogen-bond acceptors (Lipinski definition) is 4. The minimum Gasteiger partial charge on any atom is -0.299 e. The number of nitrogens with one attached hydrogen (secondary N) is 1. The monoisotopic (exact) mass is 295 g/mol. The van der Waals surface area contributed by atoms with Crippen molar-refractivity contribution in [1.29, 1.82) is 0 Å². The number of hydrogen-bond donors (Lipinski definition) is 2. The zero-order valence-electron chi connectivity index (χ0n) is 12.4. The fourth-order valence-corrected chi connectivity index (χ4v) is 3.93. The lowest BCUT2D eigenvalue weighted by atomic mass is 9.84. The molecule has 0 unspecified atom stereocenters. The van der Waals surface area contributed by atoms with Crippen molar-refractivity contribution in [3.05, 3.63) is 21.9 Å². The van der Waals surface area contributed by atoms with Crippen LogP contribution in [-0.2, 0) is 6.54 Å². The maximum Gasteiger partial charge on any atom is 0.275 e. The zero-order chi connectivity index (χ0) is 14.5. The van der Waals surface area contributed by atoms with Gasteiger partial charge in [0.2, 0.25) is 0 Å². The molecule has 0 atom stereocenters. The van der Waals surface area contributed by atoms with Crippen molar-refractivity contribution in [3.8, 4) is 0 Å². The summed E-state index contributed by atoms with van der Waals surface area (Å²) < 4.78 is 0. The van der Waals surface area contributed by atoms with Crippen LogP contribution in [0.2, 0.25) is 0 Å². The molecule has 1 heterocycles. The zero-order valence-corrected chi connectivity index (χ0v) is 13.2. The highest BCUT2D eigenvalue weighted by Gasteiger charge is 2.24. The van der Waals surface area contributed by atoms with Gasteiger partial charge < -0.3 is 0 Å². The maximum atomic E-state index is 11.7. The molecule has 0 radical (unpaired) electrons. The second-order valence-corrected chi connectivity index (χ2v) is 6.66. The average molecular weight is 295 g/mol. The van der Waals surface area contributed by atoms with Crippen LogP contribution in [-0.4, -0.2) is 23.9 Å². The van der Waals surface area contributed by atoms with Gasteiger partial charge in [-0.05, 0) is 55.7 Å². The molecule has 1 saturated carbocycles. The molecular formula is C15H25N3OS. The molecule has 1 aromatic rings. The van der Waals surface area contributed by atoms with E-state index in [-0.39, 0.29) is 5.91 Å². The topological polar surface area (TPSA) is 58.4 Å². The number of carbonyl (C=O) groups excluding carboxylic acids is 1. The minimum absolute atomic E-state index is 0.182. The molecule has 1 fully saturated rings. The number of nitrogens with two attached hydrogens (primary N) is 1. The van der Waals surface area contributed by atoms with Gasteiger partial charge in [0, 0.05) is 12.6 Å². The molecule has 2 rings (SSSR count). The molecule has 0 spiro atoms. The molecule has 1 aliphatic carbocycles. The predicted octanol–water partition coefficient (Wildman–Crippen LogP) is 2.75. The highest BCUT2D eigenvalue weighted by molar-refractivity contribution is 7.12. The molecule has 0 saturated heterocycles. The SMILES string of the molecule is CCC1CCC(N(C)Cc2ccsc2C(=O)NN)CC1. The molecule has 0 bridgehead atoms. The third-order valence-electron chi connectivity index (χ3n) is 4.52. The van der Waals surface area contributed by atoms with Crippen LogP contribution in [0, 0.1) is 5.92 Å². The third-order valence-corrected chi connectivity index (χ3v) is 5.48. The van der Waals surface area contributed by atoms with Crippen molar-refractivity contribution in [2.75, 3.05) is 7.05 Å². The molecule has 0 aromatic carbocycles. The summed E-state index contributed by atoms with van der Waals surface area (Å²) in [5, 5.41) is 1.96. The van der Waals surface area contributed by atoms with E-state index in [1.54, 1.807) is 0 Å². The first kappa shape index (κ1) is 15.5. The van der Waals surface area contributed by atoms with Crippen molar-refractivity contribution in [2.24, 2.45) is 11.8 Å². The lowest BCUT2D eigenvalue weighted by Crippen LogP contribution is -2.35. The van der Waals surface area contributed by atoms with Gasteiger partial charge in [-0.3, -0.25) is 15.1 Å². The largest absolute Gasteiger partial charge is 0.299 e. The smallest absolute Gasteiger partial charge is 0.275 e. The number of carbonyl (C=O) groups is 1. The molecule has 0 aliphatic heterocycles. The molecule has 20 heavy (non-hydrogen) atoms. The van der Waals surface area contributed by atoms with Crippen LogP contribution in [0.4, 0.5) is 0 Å². The number of nitrogen functional groups attached to an aromatic ring is 1. The Bertz CT molecular complexity index is 438. The van der Waals surface area contributed by atoms with Crippen LogP contribution in [0.5, 0.6) is 0 Å². The second kappa shape index (κ2) is 7.20. The summed E-state index contributed by atoms with van der Waals surface area (Å²) >= 11 is 1.46. The van der Waals surface area contributed by atoms with Gasteiger partial charge in [-0.2, -0.15) is 0 Å². The van der Waals surface area contributed by atoms with Gasteiger partial charge in [0.05, 0.1) is 4.88 Å². The summed E-state index contributed by atoms with van der Waals surface area (Å²) in [5.41, 5.74) is 3.31. The minimum atomic E-state index is -0.182. The van der Waals surface area contributed by atoms with Crippen LogP contribution < -0.4 is 11.3 Å². The third kappa shape index (κ3) is 3.59. The Morgan fingerprint density at radius 3 is 2.75 bits per heavy atom. The molecule has 3 N–H and O–H groups in total. The first-order chi connectivity index (χ1) is 9.65. The van der Waals surface area contributed by atoms with E-state index in [1.165, 1.54) is 43.4 Å². The van der Waals surface area contributed by atoms with Crippen LogP contribution in [0.3, 0.4) is 0 Å². The summed E-state index contributed by atoms with van der Waals surface area (Å²) in [7, 11) is 2.17. The summed E-state index contributed by atoms with van der Waals surface area (Å²) in [4.78, 5) is 14.8. The number of thiophene rings is 1. The number of nitrogens with zero attached hydrogens (tertiary/aromatic N) is 1. The fraction of sp³-hybridized carbons (Fsp3) is 0.667. The van der Waals surface area contributed by atoms with Gasteiger partial charge in [-0.15, -0.1) is 11.3 Å². The molecule has 1 aromatic heterocycles. The molecule has 5 heteroatoms. The normalized spacial score (nSPS) is 23.0. The number of hydrazine groups is 1. The fourth-order valence-electron chi connectivity index (χ4n) is 3.12. The predicted molar refractivity (Wildman–Crippen MR) is 83.5 cm³/mol. The van der Waals surface area contributed by atoms with Gasteiger partial charge in [-0.25, -0.2) is 5.84 Å². The van der Waals surface area contributed by atoms with E-state index in [4.69, 9.17) is 5.84 Å². The van der Waals surface area contributed by atoms with E-state index in [1.807, 2.05) is 11.4 Å². The Morgan fingerprint density at radius 2 is 2.15 bits per heavy atom. The Hall–Kier alpha value is -0.910. The van der Waals surface area contributed by atoms with Gasteiger partial charge in [0.15, 0.2) is 0 Å². The van der Waals surface area contributed by atoms with Gasteiger partial charge >= 0.3 is 0 Å². The maximum absolute atomic E-state index is 11.7. The summed E-state index contributed by atoms with van der Waals surface area (Å²) in [6.45, 7) is 3.12. The Morgan fingerprint density at radius 1 is 1.45 bits per heavy atom. The van der Waals surface area contributed by atoms with E-state index in [0.717, 1.165) is 22.9 Å². The lowest BCUT2D eigenvalue weighted by molar-refractivity contribution is 0.0954. The van der Waals surface area contributed by atoms with Crippen molar-refractivity contribution in [1.82, 2.24) is 10.3 Å². The van der Waals surface area contributed by atoms with Crippen molar-refractivity contribution >= 4 is 17.2 Å². The van der Waals surface area contributed by atoms with Crippen LogP contribution in [0.15, 0.2) is 11.4 Å². The lowest BCUT2D eigenvalue weighted by Gasteiger charge is -2.34. The quantitative estimate of drug-likeness (QED) is 0.499. The van der Waals surface area contributed by atoms with Crippen LogP contribution >= 0.6 is 11.3 Å². The van der Waals surface area contributed by atoms with Crippen molar-refractivity contribution in [2.45, 2.75) is 51.6 Å². The molecule has 1 amide bonds. The molecule has 112 valence electrons. The Kier molecular flexibility index (Phi) is 5.57. The van der Waals surface area contributed by atoms with Gasteiger partial charge in [0.1, 0.15) is 0 Å². The second-order valence-electron chi connectivity index (χ2n) is 5.75. The van der Waals surface area contributed by atoms with Crippen molar-refractivity contribution < 1.29 is 4.79 Å². The number of amides is 1. The summed E-state index contributed by atoms with van der Waals surface area (Å²) in [6, 6.07) is 2.68. The Labute approximate surface area is 125 Å². The summed E-state index contributed by atoms with van der Waals surface area (Å²) in [6.07, 6.45) is 6.54. The van der Waals surface area contributed by atoms with Gasteiger partial charge in [0.25, 0.3) is 5.91 Å². The van der Waals surface area contributed by atoms with Crippen molar-refractivity contribution in [3.63, 3.8) is 0 Å². The Balaban J connectivity index is 1.93. The van der Waals surface area contributed by atoms with E-state index in [0.29, 0.717) is 6.04 Å². The number of rotatable bonds is 5. The first-order valence-electron chi connectivity index (χ1n) is 7.43. The molecular weight excluding hydrogens is 270 g/mol. The van der Waals surface area contributed by atoms with Gasteiger partial charge in [-0.1, -0.05) is 13.3 Å². The first-order valence-corrected chi connectivity index (χ1v) is 8.31. The van der Waals surface area contributed by atoms with Crippen LogP contribution in [0.25, 0.3) is 0 Å². The molecule has 1 aliphatic rings. The summed E-state index contributed by atoms with van der Waals surface area (Å²) in [5.74, 6) is 5.96. The highest BCUT2D eigenvalue weighted by Crippen LogP contribution is 2.30.